The van der Waals surface area contributed by atoms with Crippen molar-refractivity contribution in [3.05, 3.63) is 0 Å². The number of rotatable bonds is 8. The maximum Gasteiger partial charge on any atom is 0.273 e. The first-order valence-electron chi connectivity index (χ1n) is 5.02. The molecule has 0 aliphatic rings. The molecule has 5 N–H and O–H groups in total. The fourth-order valence-electron chi connectivity index (χ4n) is 1.16. The number of halogens is 1. The Balaban J connectivity index is 3.35. The lowest BCUT2D eigenvalue weighted by molar-refractivity contribution is 0.560. The van der Waals surface area contributed by atoms with Gasteiger partial charge in [-0.05, 0) is 12.8 Å². The van der Waals surface area contributed by atoms with Crippen LogP contribution in [0, 0.1) is 0 Å². The predicted octanol–water partition coefficient (Wildman–Crippen LogP) is 2.34. The molecule has 1 atom stereocenters. The second-order valence-corrected chi connectivity index (χ2v) is 6.53. The van der Waals surface area contributed by atoms with E-state index in [1.807, 2.05) is 0 Å². The van der Waals surface area contributed by atoms with Crippen molar-refractivity contribution in [2.24, 2.45) is 11.0 Å². The highest BCUT2D eigenvalue weighted by molar-refractivity contribution is 9.09. The van der Waals surface area contributed by atoms with Crippen molar-refractivity contribution in [2.75, 3.05) is 6.54 Å². The Morgan fingerprint density at radius 1 is 1.36 bits per heavy atom. The van der Waals surface area contributed by atoms with E-state index in [9.17, 15) is 4.57 Å². The van der Waals surface area contributed by atoms with E-state index >= 15 is 0 Å². The molecule has 0 aliphatic heterocycles. The minimum Gasteiger partial charge on any atom is -0.271 e. The van der Waals surface area contributed by atoms with Crippen molar-refractivity contribution in [3.8, 4) is 0 Å². The third kappa shape index (κ3) is 10.7. The van der Waals surface area contributed by atoms with Crippen LogP contribution >= 0.6 is 23.5 Å². The summed E-state index contributed by atoms with van der Waals surface area (Å²) in [5.41, 5.74) is 10.3. The van der Waals surface area contributed by atoms with Crippen LogP contribution in [0.1, 0.15) is 39.0 Å². The fourth-order valence-corrected chi connectivity index (χ4v) is 2.19. The van der Waals surface area contributed by atoms with Gasteiger partial charge in [0, 0.05) is 11.4 Å². The Bertz CT molecular complexity index is 185. The van der Waals surface area contributed by atoms with Crippen molar-refractivity contribution < 1.29 is 4.57 Å². The van der Waals surface area contributed by atoms with E-state index in [4.69, 9.17) is 11.0 Å². The van der Waals surface area contributed by atoms with Crippen molar-refractivity contribution >= 4 is 23.5 Å². The Labute approximate surface area is 94.8 Å². The topological polar surface area (TPSA) is 81.1 Å². The van der Waals surface area contributed by atoms with E-state index < -0.39 is 7.59 Å². The molecule has 0 rings (SSSR count). The summed E-state index contributed by atoms with van der Waals surface area (Å²) in [6, 6.07) is 0. The Morgan fingerprint density at radius 3 is 2.50 bits per heavy atom. The fraction of sp³-hybridized carbons (Fsp3) is 1.00. The average molecular weight is 286 g/mol. The molecular weight excluding hydrogens is 265 g/mol. The highest BCUT2D eigenvalue weighted by atomic mass is 79.9. The second-order valence-electron chi connectivity index (χ2n) is 3.50. The zero-order chi connectivity index (χ0) is 11.0. The lowest BCUT2D eigenvalue weighted by Crippen LogP contribution is -2.24. The highest BCUT2D eigenvalue weighted by Crippen LogP contribution is 2.19. The first-order chi connectivity index (χ1) is 6.45. The van der Waals surface area contributed by atoms with E-state index in [1.54, 1.807) is 0 Å². The van der Waals surface area contributed by atoms with Gasteiger partial charge in [0.1, 0.15) is 0 Å². The number of nitrogens with one attached hydrogen (secondary N) is 1. The van der Waals surface area contributed by atoms with E-state index in [-0.39, 0.29) is 0 Å². The van der Waals surface area contributed by atoms with Crippen LogP contribution < -0.4 is 16.1 Å². The molecule has 0 amide bonds. The molecule has 0 saturated carbocycles. The van der Waals surface area contributed by atoms with Gasteiger partial charge in [-0.25, -0.2) is 5.09 Å². The highest BCUT2D eigenvalue weighted by Gasteiger charge is 2.08. The second kappa shape index (κ2) is 7.83. The standard InChI is InChI=1S/C8H21BrN3OP/c1-2-3-4-5-8(9)6-7-12-14(10,11)13/h8H,2-7H2,1H3,(H5,10,11,12,13). The van der Waals surface area contributed by atoms with Gasteiger partial charge in [-0.1, -0.05) is 42.1 Å². The van der Waals surface area contributed by atoms with Crippen LogP contribution in [0.3, 0.4) is 0 Å². The van der Waals surface area contributed by atoms with Crippen LogP contribution in [0.2, 0.25) is 0 Å². The van der Waals surface area contributed by atoms with Crippen molar-refractivity contribution in [2.45, 2.75) is 43.9 Å². The SMILES string of the molecule is CCCCCC(Br)CCNP(N)(N)=O. The van der Waals surface area contributed by atoms with E-state index in [1.165, 1.54) is 19.3 Å². The molecule has 0 bridgehead atoms. The van der Waals surface area contributed by atoms with Crippen molar-refractivity contribution in [1.82, 2.24) is 5.09 Å². The molecule has 0 radical (unpaired) electrons. The number of alkyl halides is 1. The number of nitrogens with two attached hydrogens (primary N) is 2. The monoisotopic (exact) mass is 285 g/mol. The molecule has 0 aromatic rings. The normalized spacial score (nSPS) is 14.3. The minimum absolute atomic E-state index is 0.466. The first-order valence-corrected chi connectivity index (χ1v) is 7.78. The smallest absolute Gasteiger partial charge is 0.271 e. The average Bonchev–Trinajstić information content (AvgIpc) is 2.02. The van der Waals surface area contributed by atoms with Gasteiger partial charge in [0.2, 0.25) is 0 Å². The first kappa shape index (κ1) is 14.6. The molecule has 0 spiro atoms. The molecule has 1 unspecified atom stereocenters. The van der Waals surface area contributed by atoms with Gasteiger partial charge in [0.15, 0.2) is 0 Å². The zero-order valence-corrected chi connectivity index (χ0v) is 11.2. The van der Waals surface area contributed by atoms with Crippen LogP contribution in [0.15, 0.2) is 0 Å². The lowest BCUT2D eigenvalue weighted by atomic mass is 10.1. The summed E-state index contributed by atoms with van der Waals surface area (Å²) >= 11 is 3.56. The Kier molecular flexibility index (Phi) is 8.16. The number of hydrogen-bond acceptors (Lipinski definition) is 1. The van der Waals surface area contributed by atoms with Gasteiger partial charge in [-0.15, -0.1) is 0 Å². The van der Waals surface area contributed by atoms with Gasteiger partial charge < -0.3 is 0 Å². The molecule has 0 fully saturated rings. The third-order valence-corrected chi connectivity index (χ3v) is 3.57. The molecule has 0 aromatic carbocycles. The van der Waals surface area contributed by atoms with Crippen LogP contribution in [0.25, 0.3) is 0 Å². The Morgan fingerprint density at radius 2 is 2.00 bits per heavy atom. The van der Waals surface area contributed by atoms with Gasteiger partial charge >= 0.3 is 0 Å². The van der Waals surface area contributed by atoms with E-state index in [0.717, 1.165) is 12.8 Å². The molecule has 0 aromatic heterocycles. The van der Waals surface area contributed by atoms with Gasteiger partial charge in [0.25, 0.3) is 7.59 Å². The summed E-state index contributed by atoms with van der Waals surface area (Å²) in [5, 5.41) is 2.62. The molecule has 4 nitrogen and oxygen atoms in total. The molecule has 0 saturated heterocycles. The van der Waals surface area contributed by atoms with Crippen LogP contribution in [-0.2, 0) is 4.57 Å². The summed E-state index contributed by atoms with van der Waals surface area (Å²) in [5.74, 6) is 0. The van der Waals surface area contributed by atoms with Crippen LogP contribution in [0.5, 0.6) is 0 Å². The van der Waals surface area contributed by atoms with E-state index in [2.05, 4.69) is 27.9 Å². The summed E-state index contributed by atoms with van der Waals surface area (Å²) in [6.07, 6.45) is 5.78. The van der Waals surface area contributed by atoms with Gasteiger partial charge in [-0.2, -0.15) is 0 Å². The van der Waals surface area contributed by atoms with Gasteiger partial charge in [0.05, 0.1) is 0 Å². The molecule has 86 valence electrons. The van der Waals surface area contributed by atoms with Crippen molar-refractivity contribution in [1.29, 1.82) is 0 Å². The van der Waals surface area contributed by atoms with Crippen LogP contribution in [-0.4, -0.2) is 11.4 Å². The predicted molar refractivity (Wildman–Crippen MR) is 65.5 cm³/mol. The quantitative estimate of drug-likeness (QED) is 0.363. The molecular formula is C8H21BrN3OP. The maximum atomic E-state index is 10.9. The molecule has 6 heteroatoms. The maximum absolute atomic E-state index is 10.9. The largest absolute Gasteiger partial charge is 0.273 e. The minimum atomic E-state index is -3.02. The van der Waals surface area contributed by atoms with Crippen LogP contribution in [0.4, 0.5) is 0 Å². The lowest BCUT2D eigenvalue weighted by Gasteiger charge is -2.12. The summed E-state index contributed by atoms with van der Waals surface area (Å²) in [6.45, 7) is 2.79. The summed E-state index contributed by atoms with van der Waals surface area (Å²) in [7, 11) is -3.02. The molecule has 14 heavy (non-hydrogen) atoms. The van der Waals surface area contributed by atoms with Gasteiger partial charge in [-0.3, -0.25) is 15.6 Å². The van der Waals surface area contributed by atoms with E-state index in [0.29, 0.717) is 11.4 Å². The zero-order valence-electron chi connectivity index (χ0n) is 8.71. The summed E-state index contributed by atoms with van der Waals surface area (Å²) in [4.78, 5) is 0.466. The van der Waals surface area contributed by atoms with Crippen molar-refractivity contribution in [3.63, 3.8) is 0 Å². The number of hydrogen-bond donors (Lipinski definition) is 3. The third-order valence-electron chi connectivity index (χ3n) is 1.94. The molecule has 0 heterocycles. The molecule has 0 aliphatic carbocycles. The summed E-state index contributed by atoms with van der Waals surface area (Å²) < 4.78 is 10.9. The Hall–Kier alpha value is 0.590. The number of unbranched alkanes of at least 4 members (excludes halogenated alkanes) is 2.